The number of halogens is 2. The molecule has 0 unspecified atom stereocenters. The number of nitrogens with zero attached hydrogens (tertiary/aromatic N) is 7. The average Bonchev–Trinajstić information content (AvgIpc) is 3.56. The smallest absolute Gasteiger partial charge is 0.162 e. The van der Waals surface area contributed by atoms with Gasteiger partial charge in [0.25, 0.3) is 0 Å². The van der Waals surface area contributed by atoms with Crippen molar-refractivity contribution in [3.05, 3.63) is 75.9 Å². The first-order valence-corrected chi connectivity index (χ1v) is 13.4. The molecular weight excluding hydrogens is 565 g/mol. The summed E-state index contributed by atoms with van der Waals surface area (Å²) in [6.45, 7) is 2.84. The van der Waals surface area contributed by atoms with Gasteiger partial charge in [-0.1, -0.05) is 23.2 Å². The summed E-state index contributed by atoms with van der Waals surface area (Å²) in [5.74, 6) is 1.54. The third-order valence-corrected chi connectivity index (χ3v) is 7.78. The van der Waals surface area contributed by atoms with Crippen LogP contribution in [0.3, 0.4) is 0 Å². The predicted molar refractivity (Wildman–Crippen MR) is 155 cm³/mol. The Kier molecular flexibility index (Phi) is 6.69. The number of hydrogen-bond acceptors (Lipinski definition) is 9. The Hall–Kier alpha value is -4.37. The number of aryl methyl sites for hydroxylation is 1. The van der Waals surface area contributed by atoms with Crippen LogP contribution in [0.1, 0.15) is 29.8 Å². The summed E-state index contributed by atoms with van der Waals surface area (Å²) in [4.78, 5) is 10.6. The van der Waals surface area contributed by atoms with Crippen LogP contribution in [0, 0.1) is 11.3 Å². The van der Waals surface area contributed by atoms with Crippen molar-refractivity contribution in [1.82, 2.24) is 29.9 Å². The highest BCUT2D eigenvalue weighted by Gasteiger charge is 2.44. The van der Waals surface area contributed by atoms with Gasteiger partial charge in [-0.05, 0) is 25.1 Å². The summed E-state index contributed by atoms with van der Waals surface area (Å²) in [5.41, 5.74) is 9.83. The highest BCUT2D eigenvalue weighted by molar-refractivity contribution is 6.35. The van der Waals surface area contributed by atoms with E-state index in [-0.39, 0.29) is 0 Å². The van der Waals surface area contributed by atoms with Crippen LogP contribution in [0.15, 0.2) is 49.1 Å². The molecule has 1 aliphatic rings. The van der Waals surface area contributed by atoms with E-state index >= 15 is 0 Å². The standard InChI is InChI=1S/C28H25Cl2N9O2/c1-15(25-19(29)11-33-12-20(25)30)41-23-7-18-21(8-22(23)40-3)35-36-26(18)17-6-16(9-31)27(34-10-17)39-13-28(32,14-39)24-4-5-38(2)37-24/h4-8,10-12,15H,13-14,32H2,1-3H3,(H,35,36)/t15-/m1/s1. The summed E-state index contributed by atoms with van der Waals surface area (Å²) in [6.07, 6.45) is 6.11. The fourth-order valence-corrected chi connectivity index (χ4v) is 5.78. The molecule has 5 heterocycles. The SMILES string of the molecule is COc1cc2[nH]nc(-c3cnc(N4CC(N)(c5ccn(C)n5)C4)c(C#N)c3)c2cc1O[C@H](C)c1c(Cl)cncc1Cl. The molecule has 0 saturated carbocycles. The van der Waals surface area contributed by atoms with Crippen molar-refractivity contribution in [2.24, 2.45) is 12.8 Å². The number of benzene rings is 1. The van der Waals surface area contributed by atoms with Crippen molar-refractivity contribution < 1.29 is 9.47 Å². The number of fused-ring (bicyclic) bond motifs is 1. The number of hydrogen-bond donors (Lipinski definition) is 2. The topological polar surface area (TPSA) is 144 Å². The average molecular weight is 590 g/mol. The normalized spacial score (nSPS) is 14.9. The summed E-state index contributed by atoms with van der Waals surface area (Å²) in [6, 6.07) is 9.59. The van der Waals surface area contributed by atoms with Gasteiger partial charge in [0, 0.05) is 67.5 Å². The molecule has 1 aliphatic heterocycles. The number of pyridine rings is 2. The number of aromatic nitrogens is 6. The molecule has 0 radical (unpaired) electrons. The Morgan fingerprint density at radius 3 is 2.56 bits per heavy atom. The van der Waals surface area contributed by atoms with Gasteiger partial charge in [0.15, 0.2) is 11.5 Å². The zero-order chi connectivity index (χ0) is 28.9. The maximum absolute atomic E-state index is 9.98. The Labute approximate surface area is 245 Å². The molecule has 13 heteroatoms. The Morgan fingerprint density at radius 2 is 1.90 bits per heavy atom. The van der Waals surface area contributed by atoms with Gasteiger partial charge in [0.1, 0.15) is 23.7 Å². The zero-order valence-corrected chi connectivity index (χ0v) is 23.9. The van der Waals surface area contributed by atoms with E-state index in [0.29, 0.717) is 62.8 Å². The van der Waals surface area contributed by atoms with Crippen LogP contribution >= 0.6 is 23.2 Å². The number of aromatic amines is 1. The molecule has 0 spiro atoms. The van der Waals surface area contributed by atoms with Crippen molar-refractivity contribution in [1.29, 1.82) is 5.26 Å². The Balaban J connectivity index is 1.31. The van der Waals surface area contributed by atoms with E-state index in [1.54, 1.807) is 30.1 Å². The van der Waals surface area contributed by atoms with Gasteiger partial charge >= 0.3 is 0 Å². The molecule has 1 fully saturated rings. The number of nitrogens with two attached hydrogens (primary N) is 1. The van der Waals surface area contributed by atoms with Crippen LogP contribution in [-0.2, 0) is 12.6 Å². The van der Waals surface area contributed by atoms with E-state index in [1.807, 2.05) is 37.2 Å². The largest absolute Gasteiger partial charge is 0.493 e. The summed E-state index contributed by atoms with van der Waals surface area (Å²) in [7, 11) is 3.41. The second kappa shape index (κ2) is 10.2. The van der Waals surface area contributed by atoms with Gasteiger partial charge in [-0.25, -0.2) is 4.98 Å². The van der Waals surface area contributed by atoms with Gasteiger partial charge in [-0.3, -0.25) is 14.8 Å². The number of ether oxygens (including phenoxy) is 2. The van der Waals surface area contributed by atoms with E-state index in [2.05, 4.69) is 31.3 Å². The van der Waals surface area contributed by atoms with E-state index in [1.165, 1.54) is 12.4 Å². The molecule has 0 amide bonds. The molecule has 1 saturated heterocycles. The molecule has 3 N–H and O–H groups in total. The molecule has 1 aromatic carbocycles. The fourth-order valence-electron chi connectivity index (χ4n) is 5.10. The molecule has 1 atom stereocenters. The molecule has 6 rings (SSSR count). The third kappa shape index (κ3) is 4.70. The third-order valence-electron chi connectivity index (χ3n) is 7.18. The van der Waals surface area contributed by atoms with Crippen molar-refractivity contribution in [2.45, 2.75) is 18.6 Å². The van der Waals surface area contributed by atoms with Crippen LogP contribution in [0.2, 0.25) is 10.0 Å². The fraction of sp³-hybridized carbons (Fsp3) is 0.250. The molecule has 208 valence electrons. The lowest BCUT2D eigenvalue weighted by molar-refractivity contribution is 0.216. The second-order valence-electron chi connectivity index (χ2n) is 9.99. The van der Waals surface area contributed by atoms with Crippen LogP contribution in [0.25, 0.3) is 22.2 Å². The zero-order valence-electron chi connectivity index (χ0n) is 22.4. The molecule has 5 aromatic rings. The minimum absolute atomic E-state index is 0.401. The van der Waals surface area contributed by atoms with Gasteiger partial charge in [0.05, 0.1) is 39.5 Å². The van der Waals surface area contributed by atoms with Gasteiger partial charge in [-0.15, -0.1) is 0 Å². The first-order chi connectivity index (χ1) is 19.7. The van der Waals surface area contributed by atoms with Gasteiger partial charge in [-0.2, -0.15) is 15.5 Å². The van der Waals surface area contributed by atoms with Crippen LogP contribution in [0.4, 0.5) is 5.82 Å². The quantitative estimate of drug-likeness (QED) is 0.274. The summed E-state index contributed by atoms with van der Waals surface area (Å²) < 4.78 is 13.6. The molecule has 41 heavy (non-hydrogen) atoms. The maximum Gasteiger partial charge on any atom is 0.162 e. The van der Waals surface area contributed by atoms with Crippen molar-refractivity contribution in [3.63, 3.8) is 0 Å². The predicted octanol–water partition coefficient (Wildman–Crippen LogP) is 4.75. The lowest BCUT2D eigenvalue weighted by Crippen LogP contribution is -2.65. The van der Waals surface area contributed by atoms with Crippen LogP contribution < -0.4 is 20.1 Å². The highest BCUT2D eigenvalue weighted by Crippen LogP contribution is 2.41. The first kappa shape index (κ1) is 26.8. The molecule has 0 bridgehead atoms. The molecule has 11 nitrogen and oxygen atoms in total. The number of rotatable bonds is 7. The van der Waals surface area contributed by atoms with Crippen LogP contribution in [0.5, 0.6) is 11.5 Å². The van der Waals surface area contributed by atoms with Crippen molar-refractivity contribution in [2.75, 3.05) is 25.1 Å². The van der Waals surface area contributed by atoms with Gasteiger partial charge in [0.2, 0.25) is 0 Å². The number of anilines is 1. The minimum atomic E-state index is -0.593. The Bertz CT molecular complexity index is 1800. The van der Waals surface area contributed by atoms with E-state index < -0.39 is 11.6 Å². The van der Waals surface area contributed by atoms with Crippen molar-refractivity contribution in [3.8, 4) is 28.8 Å². The Morgan fingerprint density at radius 1 is 1.15 bits per heavy atom. The molecular formula is C28H25Cl2N9O2. The second-order valence-corrected chi connectivity index (χ2v) is 10.8. The number of nitriles is 1. The van der Waals surface area contributed by atoms with Crippen molar-refractivity contribution >= 4 is 39.9 Å². The number of H-pyrrole nitrogens is 1. The summed E-state index contributed by atoms with van der Waals surface area (Å²) in [5, 5.41) is 23.5. The van der Waals surface area contributed by atoms with Gasteiger partial charge < -0.3 is 20.1 Å². The molecule has 0 aliphatic carbocycles. The van der Waals surface area contributed by atoms with E-state index in [0.717, 1.165) is 16.6 Å². The number of methoxy groups -OCH3 is 1. The first-order valence-electron chi connectivity index (χ1n) is 12.7. The van der Waals surface area contributed by atoms with Crippen LogP contribution in [-0.4, -0.2) is 50.1 Å². The van der Waals surface area contributed by atoms with E-state index in [4.69, 9.17) is 38.4 Å². The highest BCUT2D eigenvalue weighted by atomic mass is 35.5. The summed E-state index contributed by atoms with van der Waals surface area (Å²) >= 11 is 12.7. The monoisotopic (exact) mass is 589 g/mol. The molecule has 4 aromatic heterocycles. The van der Waals surface area contributed by atoms with E-state index in [9.17, 15) is 5.26 Å². The lowest BCUT2D eigenvalue weighted by Gasteiger charge is -2.47. The maximum atomic E-state index is 9.98. The minimum Gasteiger partial charge on any atom is -0.493 e. The number of nitrogens with one attached hydrogen (secondary N) is 1. The lowest BCUT2D eigenvalue weighted by atomic mass is 9.87.